The molecular formula is C21H23N3O4. The van der Waals surface area contributed by atoms with Gasteiger partial charge in [0, 0.05) is 30.4 Å². The molecule has 0 unspecified atom stereocenters. The van der Waals surface area contributed by atoms with E-state index in [1.54, 1.807) is 4.90 Å². The number of anilines is 2. The summed E-state index contributed by atoms with van der Waals surface area (Å²) in [4.78, 5) is 26.4. The fourth-order valence-corrected chi connectivity index (χ4v) is 3.43. The van der Waals surface area contributed by atoms with Gasteiger partial charge in [-0.1, -0.05) is 6.07 Å². The van der Waals surface area contributed by atoms with Gasteiger partial charge in [0.05, 0.1) is 6.04 Å². The van der Waals surface area contributed by atoms with Crippen molar-refractivity contribution in [2.45, 2.75) is 26.3 Å². The van der Waals surface area contributed by atoms with Gasteiger partial charge in [-0.05, 0) is 49.2 Å². The number of aryl methyl sites for hydroxylation is 2. The fourth-order valence-electron chi connectivity index (χ4n) is 3.43. The SMILES string of the molecule is Cc1ccc(NC(=O)N[C@@H]2CC(=O)N(c3ccc4c(c3)OCCO4)C2)cc1C. The van der Waals surface area contributed by atoms with Gasteiger partial charge in [0.15, 0.2) is 11.5 Å². The molecule has 0 bridgehead atoms. The summed E-state index contributed by atoms with van der Waals surface area (Å²) in [5.74, 6) is 1.29. The highest BCUT2D eigenvalue weighted by Gasteiger charge is 2.32. The number of ether oxygens (including phenoxy) is 2. The predicted octanol–water partition coefficient (Wildman–Crippen LogP) is 3.00. The topological polar surface area (TPSA) is 79.9 Å². The van der Waals surface area contributed by atoms with E-state index in [1.807, 2.05) is 50.2 Å². The molecule has 2 aromatic rings. The number of carbonyl (C=O) groups is 2. The van der Waals surface area contributed by atoms with Crippen molar-refractivity contribution in [1.29, 1.82) is 0 Å². The zero-order chi connectivity index (χ0) is 19.7. The normalized spacial score (nSPS) is 18.1. The van der Waals surface area contributed by atoms with E-state index in [1.165, 1.54) is 5.56 Å². The zero-order valence-electron chi connectivity index (χ0n) is 16.0. The summed E-state index contributed by atoms with van der Waals surface area (Å²) < 4.78 is 11.1. The quantitative estimate of drug-likeness (QED) is 0.857. The number of amides is 3. The predicted molar refractivity (Wildman–Crippen MR) is 106 cm³/mol. The Labute approximate surface area is 163 Å². The molecule has 1 atom stereocenters. The maximum atomic E-state index is 12.5. The van der Waals surface area contributed by atoms with Crippen molar-refractivity contribution in [2.24, 2.45) is 0 Å². The standard InChI is InChI=1S/C21H23N3O4/c1-13-3-4-15(9-14(13)2)22-21(26)23-16-10-20(25)24(12-16)17-5-6-18-19(11-17)28-8-7-27-18/h3-6,9,11,16H,7-8,10,12H2,1-2H3,(H2,22,23,26)/t16-/m1/s1. The lowest BCUT2D eigenvalue weighted by Gasteiger charge is -2.22. The van der Waals surface area contributed by atoms with Crippen LogP contribution in [0.1, 0.15) is 17.5 Å². The molecule has 7 nitrogen and oxygen atoms in total. The van der Waals surface area contributed by atoms with Crippen molar-refractivity contribution >= 4 is 23.3 Å². The third kappa shape index (κ3) is 3.74. The van der Waals surface area contributed by atoms with E-state index in [2.05, 4.69) is 10.6 Å². The molecule has 2 aliphatic rings. The van der Waals surface area contributed by atoms with Crippen LogP contribution < -0.4 is 25.0 Å². The zero-order valence-corrected chi connectivity index (χ0v) is 16.0. The fraction of sp³-hybridized carbons (Fsp3) is 0.333. The highest BCUT2D eigenvalue weighted by atomic mass is 16.6. The highest BCUT2D eigenvalue weighted by Crippen LogP contribution is 2.35. The molecule has 1 saturated heterocycles. The molecule has 1 fully saturated rings. The summed E-state index contributed by atoms with van der Waals surface area (Å²) in [5.41, 5.74) is 3.75. The molecule has 0 radical (unpaired) electrons. The van der Waals surface area contributed by atoms with Crippen molar-refractivity contribution in [3.05, 3.63) is 47.5 Å². The molecular weight excluding hydrogens is 358 g/mol. The number of hydrogen-bond acceptors (Lipinski definition) is 4. The number of fused-ring (bicyclic) bond motifs is 1. The third-order valence-electron chi connectivity index (χ3n) is 5.06. The molecule has 0 aromatic heterocycles. The van der Waals surface area contributed by atoms with Gasteiger partial charge in [-0.25, -0.2) is 4.79 Å². The van der Waals surface area contributed by atoms with Crippen LogP contribution in [-0.4, -0.2) is 37.7 Å². The van der Waals surface area contributed by atoms with Gasteiger partial charge in [0.2, 0.25) is 5.91 Å². The van der Waals surface area contributed by atoms with Gasteiger partial charge in [-0.15, -0.1) is 0 Å². The van der Waals surface area contributed by atoms with E-state index >= 15 is 0 Å². The van der Waals surface area contributed by atoms with Gasteiger partial charge in [-0.3, -0.25) is 4.79 Å². The first-order valence-electron chi connectivity index (χ1n) is 9.34. The number of nitrogens with zero attached hydrogens (tertiary/aromatic N) is 1. The summed E-state index contributed by atoms with van der Waals surface area (Å²) in [6.45, 7) is 5.46. The molecule has 0 saturated carbocycles. The van der Waals surface area contributed by atoms with Gasteiger partial charge in [0.1, 0.15) is 13.2 Å². The Morgan fingerprint density at radius 3 is 2.61 bits per heavy atom. The molecule has 2 N–H and O–H groups in total. The Morgan fingerprint density at radius 2 is 1.82 bits per heavy atom. The summed E-state index contributed by atoms with van der Waals surface area (Å²) in [6.07, 6.45) is 0.259. The third-order valence-corrected chi connectivity index (χ3v) is 5.06. The largest absolute Gasteiger partial charge is 0.486 e. The second-order valence-electron chi connectivity index (χ2n) is 7.13. The van der Waals surface area contributed by atoms with E-state index < -0.39 is 0 Å². The minimum Gasteiger partial charge on any atom is -0.486 e. The lowest BCUT2D eigenvalue weighted by molar-refractivity contribution is -0.117. The van der Waals surface area contributed by atoms with Crippen molar-refractivity contribution in [3.63, 3.8) is 0 Å². The lowest BCUT2D eigenvalue weighted by atomic mass is 10.1. The maximum absolute atomic E-state index is 12.5. The molecule has 2 heterocycles. The minimum absolute atomic E-state index is 0.0341. The Morgan fingerprint density at radius 1 is 1.04 bits per heavy atom. The maximum Gasteiger partial charge on any atom is 0.319 e. The number of benzene rings is 2. The number of hydrogen-bond donors (Lipinski definition) is 2. The van der Waals surface area contributed by atoms with Crippen LogP contribution in [0.3, 0.4) is 0 Å². The second-order valence-corrected chi connectivity index (χ2v) is 7.13. The highest BCUT2D eigenvalue weighted by molar-refractivity contribution is 5.98. The molecule has 28 heavy (non-hydrogen) atoms. The first kappa shape index (κ1) is 18.2. The number of nitrogens with one attached hydrogen (secondary N) is 2. The van der Waals surface area contributed by atoms with E-state index in [-0.39, 0.29) is 24.4 Å². The van der Waals surface area contributed by atoms with E-state index in [9.17, 15) is 9.59 Å². The second kappa shape index (κ2) is 7.42. The minimum atomic E-state index is -0.315. The van der Waals surface area contributed by atoms with Crippen molar-refractivity contribution in [1.82, 2.24) is 5.32 Å². The van der Waals surface area contributed by atoms with Crippen LogP contribution in [0.2, 0.25) is 0 Å². The van der Waals surface area contributed by atoms with Crippen LogP contribution in [0.5, 0.6) is 11.5 Å². The average molecular weight is 381 g/mol. The van der Waals surface area contributed by atoms with Gasteiger partial charge in [0.25, 0.3) is 0 Å². The van der Waals surface area contributed by atoms with Crippen molar-refractivity contribution < 1.29 is 19.1 Å². The summed E-state index contributed by atoms with van der Waals surface area (Å²) in [6, 6.07) is 10.6. The molecule has 0 spiro atoms. The Hall–Kier alpha value is -3.22. The number of rotatable bonds is 3. The summed E-state index contributed by atoms with van der Waals surface area (Å²) >= 11 is 0. The van der Waals surface area contributed by atoms with Crippen LogP contribution >= 0.6 is 0 Å². The lowest BCUT2D eigenvalue weighted by Crippen LogP contribution is -2.39. The first-order valence-corrected chi connectivity index (χ1v) is 9.34. The summed E-state index contributed by atoms with van der Waals surface area (Å²) in [7, 11) is 0. The van der Waals surface area contributed by atoms with Crippen LogP contribution in [0, 0.1) is 13.8 Å². The van der Waals surface area contributed by atoms with E-state index in [4.69, 9.17) is 9.47 Å². The molecule has 2 aliphatic heterocycles. The van der Waals surface area contributed by atoms with Gasteiger partial charge >= 0.3 is 6.03 Å². The molecule has 3 amide bonds. The average Bonchev–Trinajstić information content (AvgIpc) is 3.04. The number of carbonyl (C=O) groups excluding carboxylic acids is 2. The monoisotopic (exact) mass is 381 g/mol. The molecule has 0 aliphatic carbocycles. The van der Waals surface area contributed by atoms with Gasteiger partial charge < -0.3 is 25.0 Å². The van der Waals surface area contributed by atoms with E-state index in [0.29, 0.717) is 31.3 Å². The number of urea groups is 1. The first-order chi connectivity index (χ1) is 13.5. The smallest absolute Gasteiger partial charge is 0.319 e. The van der Waals surface area contributed by atoms with Crippen LogP contribution in [0.25, 0.3) is 0 Å². The molecule has 2 aromatic carbocycles. The summed E-state index contributed by atoms with van der Waals surface area (Å²) in [5, 5.41) is 5.72. The van der Waals surface area contributed by atoms with Crippen molar-refractivity contribution in [3.8, 4) is 11.5 Å². The van der Waals surface area contributed by atoms with Crippen LogP contribution in [-0.2, 0) is 4.79 Å². The van der Waals surface area contributed by atoms with Crippen LogP contribution in [0.4, 0.5) is 16.2 Å². The Balaban J connectivity index is 1.39. The molecule has 7 heteroatoms. The Bertz CT molecular complexity index is 928. The van der Waals surface area contributed by atoms with E-state index in [0.717, 1.165) is 16.9 Å². The van der Waals surface area contributed by atoms with Gasteiger partial charge in [-0.2, -0.15) is 0 Å². The van der Waals surface area contributed by atoms with Crippen molar-refractivity contribution in [2.75, 3.05) is 30.0 Å². The molecule has 146 valence electrons. The van der Waals surface area contributed by atoms with Crippen LogP contribution in [0.15, 0.2) is 36.4 Å². The molecule has 4 rings (SSSR count). The Kier molecular flexibility index (Phi) is 4.81.